The van der Waals surface area contributed by atoms with Crippen LogP contribution in [0.5, 0.6) is 0 Å². The van der Waals surface area contributed by atoms with Gasteiger partial charge in [-0.3, -0.25) is 0 Å². The summed E-state index contributed by atoms with van der Waals surface area (Å²) < 4.78 is 67.1. The highest BCUT2D eigenvalue weighted by molar-refractivity contribution is 6.31. The largest absolute Gasteiger partial charge is 0.457 e. The lowest BCUT2D eigenvalue weighted by atomic mass is 9.80. The fraction of sp³-hybridized carbons (Fsp3) is 0.200. The molecule has 1 atom stereocenters. The van der Waals surface area contributed by atoms with Crippen LogP contribution in [0.3, 0.4) is 0 Å². The molecule has 2 rings (SSSR count). The van der Waals surface area contributed by atoms with Gasteiger partial charge in [0.1, 0.15) is 0 Å². The van der Waals surface area contributed by atoms with Crippen LogP contribution in [0, 0.1) is 0 Å². The molecule has 0 aromatic heterocycles. The third kappa shape index (κ3) is 2.91. The highest BCUT2D eigenvalue weighted by Crippen LogP contribution is 2.53. The fourth-order valence-corrected chi connectivity index (χ4v) is 2.56. The monoisotopic (exact) mass is 370 g/mol. The van der Waals surface area contributed by atoms with Crippen molar-refractivity contribution in [2.24, 2.45) is 0 Å². The Bertz CT molecular complexity index is 700. The van der Waals surface area contributed by atoms with Crippen LogP contribution in [0.15, 0.2) is 48.5 Å². The number of aliphatic hydroxyl groups is 1. The van der Waals surface area contributed by atoms with Gasteiger partial charge in [-0.25, -0.2) is 0 Å². The van der Waals surface area contributed by atoms with E-state index in [4.69, 9.17) is 23.2 Å². The number of alkyl halides is 5. The lowest BCUT2D eigenvalue weighted by Crippen LogP contribution is -2.55. The van der Waals surface area contributed by atoms with Crippen LogP contribution in [0.4, 0.5) is 22.0 Å². The van der Waals surface area contributed by atoms with E-state index in [-0.39, 0.29) is 5.02 Å². The van der Waals surface area contributed by atoms with Crippen molar-refractivity contribution in [3.63, 3.8) is 0 Å². The highest BCUT2D eigenvalue weighted by Gasteiger charge is 2.71. The minimum Gasteiger partial charge on any atom is -0.374 e. The summed E-state index contributed by atoms with van der Waals surface area (Å²) in [5.41, 5.74) is -5.14. The van der Waals surface area contributed by atoms with Crippen molar-refractivity contribution >= 4 is 23.2 Å². The Labute approximate surface area is 138 Å². The molecule has 2 aromatic carbocycles. The van der Waals surface area contributed by atoms with E-state index in [0.717, 1.165) is 36.4 Å². The SMILES string of the molecule is OC(c1ccc(Cl)cc1)(c1ccccc1Cl)C(F)(F)C(F)(F)F. The van der Waals surface area contributed by atoms with Gasteiger partial charge in [-0.2, -0.15) is 22.0 Å². The van der Waals surface area contributed by atoms with Crippen molar-refractivity contribution < 1.29 is 27.1 Å². The van der Waals surface area contributed by atoms with Gasteiger partial charge in [0.2, 0.25) is 0 Å². The average molecular weight is 371 g/mol. The van der Waals surface area contributed by atoms with Crippen LogP contribution in [0.2, 0.25) is 10.0 Å². The Balaban J connectivity index is 2.80. The molecule has 0 radical (unpaired) electrons. The maximum absolute atomic E-state index is 14.2. The molecule has 23 heavy (non-hydrogen) atoms. The van der Waals surface area contributed by atoms with Crippen molar-refractivity contribution in [2.45, 2.75) is 17.7 Å². The number of hydrogen-bond acceptors (Lipinski definition) is 1. The van der Waals surface area contributed by atoms with E-state index in [1.165, 1.54) is 12.1 Å². The third-order valence-corrected chi connectivity index (χ3v) is 3.92. The molecule has 2 aromatic rings. The zero-order chi connectivity index (χ0) is 17.5. The second-order valence-corrected chi connectivity index (χ2v) is 5.61. The van der Waals surface area contributed by atoms with Gasteiger partial charge in [-0.15, -0.1) is 0 Å². The first-order chi connectivity index (χ1) is 10.5. The van der Waals surface area contributed by atoms with E-state index in [0.29, 0.717) is 0 Å². The smallest absolute Gasteiger partial charge is 0.374 e. The summed E-state index contributed by atoms with van der Waals surface area (Å²) in [6.07, 6.45) is -6.00. The zero-order valence-electron chi connectivity index (χ0n) is 11.2. The van der Waals surface area contributed by atoms with Crippen LogP contribution in [0.1, 0.15) is 11.1 Å². The molecule has 1 nitrogen and oxygen atoms in total. The molecule has 0 heterocycles. The van der Waals surface area contributed by atoms with Crippen LogP contribution in [0.25, 0.3) is 0 Å². The van der Waals surface area contributed by atoms with Crippen molar-refractivity contribution in [3.8, 4) is 0 Å². The minimum absolute atomic E-state index is 0.116. The summed E-state index contributed by atoms with van der Waals surface area (Å²) in [4.78, 5) is 0. The van der Waals surface area contributed by atoms with Crippen molar-refractivity contribution in [1.82, 2.24) is 0 Å². The van der Waals surface area contributed by atoms with Crippen molar-refractivity contribution in [1.29, 1.82) is 0 Å². The molecule has 0 aliphatic rings. The predicted octanol–water partition coefficient (Wildman–Crippen LogP) is 5.43. The quantitative estimate of drug-likeness (QED) is 0.714. The molecule has 0 fully saturated rings. The molecule has 0 bridgehead atoms. The summed E-state index contributed by atoms with van der Waals surface area (Å²) in [7, 11) is 0. The van der Waals surface area contributed by atoms with Gasteiger partial charge >= 0.3 is 12.1 Å². The Morgan fingerprint density at radius 3 is 1.78 bits per heavy atom. The standard InChI is InChI=1S/C15H9Cl2F5O/c16-10-7-5-9(6-8-10)13(23,14(18,19)15(20,21)22)11-3-1-2-4-12(11)17/h1-8,23H. The number of benzene rings is 2. The summed E-state index contributed by atoms with van der Waals surface area (Å²) >= 11 is 11.4. The van der Waals surface area contributed by atoms with E-state index >= 15 is 0 Å². The summed E-state index contributed by atoms with van der Waals surface area (Å²) in [5, 5.41) is 10.2. The van der Waals surface area contributed by atoms with Crippen LogP contribution in [-0.2, 0) is 5.60 Å². The normalized spacial score (nSPS) is 15.3. The highest BCUT2D eigenvalue weighted by atomic mass is 35.5. The summed E-state index contributed by atoms with van der Waals surface area (Å²) in [5.74, 6) is -5.49. The van der Waals surface area contributed by atoms with Crippen LogP contribution < -0.4 is 0 Å². The molecule has 124 valence electrons. The Morgan fingerprint density at radius 1 is 0.783 bits per heavy atom. The number of hydrogen-bond donors (Lipinski definition) is 1. The molecule has 0 spiro atoms. The lowest BCUT2D eigenvalue weighted by molar-refractivity contribution is -0.336. The van der Waals surface area contributed by atoms with E-state index in [1.54, 1.807) is 0 Å². The van der Waals surface area contributed by atoms with E-state index in [2.05, 4.69) is 0 Å². The van der Waals surface area contributed by atoms with Crippen molar-refractivity contribution in [2.75, 3.05) is 0 Å². The first-order valence-electron chi connectivity index (χ1n) is 6.20. The second kappa shape index (κ2) is 5.92. The molecule has 1 unspecified atom stereocenters. The maximum atomic E-state index is 14.2. The first-order valence-corrected chi connectivity index (χ1v) is 6.95. The third-order valence-electron chi connectivity index (χ3n) is 3.34. The number of rotatable bonds is 3. The Hall–Kier alpha value is -1.37. The van der Waals surface area contributed by atoms with Crippen LogP contribution in [-0.4, -0.2) is 17.2 Å². The van der Waals surface area contributed by atoms with Gasteiger partial charge in [0.25, 0.3) is 0 Å². The second-order valence-electron chi connectivity index (χ2n) is 4.77. The maximum Gasteiger partial charge on any atom is 0.457 e. The molecular weight excluding hydrogens is 362 g/mol. The van der Waals surface area contributed by atoms with E-state index < -0.39 is 33.8 Å². The molecule has 0 aliphatic carbocycles. The van der Waals surface area contributed by atoms with Gasteiger partial charge < -0.3 is 5.11 Å². The van der Waals surface area contributed by atoms with E-state index in [9.17, 15) is 27.1 Å². The van der Waals surface area contributed by atoms with Gasteiger partial charge in [-0.1, -0.05) is 53.5 Å². The molecule has 0 aliphatic heterocycles. The van der Waals surface area contributed by atoms with Gasteiger partial charge in [-0.05, 0) is 23.8 Å². The topological polar surface area (TPSA) is 20.2 Å². The summed E-state index contributed by atoms with van der Waals surface area (Å²) in [6, 6.07) is 8.57. The Kier molecular flexibility index (Phi) is 4.63. The Morgan fingerprint density at radius 2 is 1.30 bits per heavy atom. The first kappa shape index (κ1) is 18.0. The molecule has 0 saturated heterocycles. The summed E-state index contributed by atoms with van der Waals surface area (Å²) in [6.45, 7) is 0. The zero-order valence-corrected chi connectivity index (χ0v) is 12.7. The van der Waals surface area contributed by atoms with Gasteiger partial charge in [0, 0.05) is 15.6 Å². The lowest BCUT2D eigenvalue weighted by Gasteiger charge is -2.38. The number of halogens is 7. The van der Waals surface area contributed by atoms with Crippen LogP contribution >= 0.6 is 23.2 Å². The molecular formula is C15H9Cl2F5O. The fourth-order valence-electron chi connectivity index (χ4n) is 2.16. The average Bonchev–Trinajstić information content (AvgIpc) is 2.46. The molecule has 0 amide bonds. The minimum atomic E-state index is -6.00. The molecule has 8 heteroatoms. The van der Waals surface area contributed by atoms with Gasteiger partial charge in [0.15, 0.2) is 5.60 Å². The van der Waals surface area contributed by atoms with Gasteiger partial charge in [0.05, 0.1) is 0 Å². The predicted molar refractivity (Wildman–Crippen MR) is 76.9 cm³/mol. The van der Waals surface area contributed by atoms with E-state index in [1.807, 2.05) is 0 Å². The molecule has 0 saturated carbocycles. The van der Waals surface area contributed by atoms with Crippen molar-refractivity contribution in [3.05, 3.63) is 69.7 Å². The molecule has 1 N–H and O–H groups in total.